The van der Waals surface area contributed by atoms with Crippen LogP contribution in [0.25, 0.3) is 0 Å². The van der Waals surface area contributed by atoms with Gasteiger partial charge in [0.05, 0.1) is 5.60 Å². The molecule has 0 aliphatic heterocycles. The van der Waals surface area contributed by atoms with Crippen LogP contribution >= 0.6 is 0 Å². The second-order valence-electron chi connectivity index (χ2n) is 4.41. The van der Waals surface area contributed by atoms with Crippen molar-refractivity contribution in [2.75, 3.05) is 6.54 Å². The lowest BCUT2D eigenvalue weighted by Gasteiger charge is -2.25. The zero-order chi connectivity index (χ0) is 13.8. The van der Waals surface area contributed by atoms with Gasteiger partial charge in [-0.2, -0.15) is 0 Å². The van der Waals surface area contributed by atoms with E-state index in [2.05, 4.69) is 5.32 Å². The molecule has 0 aromatic heterocycles. The van der Waals surface area contributed by atoms with Gasteiger partial charge in [0, 0.05) is 13.1 Å². The molecule has 0 amide bonds. The molecule has 0 fully saturated rings. The second-order valence-corrected chi connectivity index (χ2v) is 4.41. The summed E-state index contributed by atoms with van der Waals surface area (Å²) in [5.41, 5.74) is -0.516. The van der Waals surface area contributed by atoms with Crippen LogP contribution in [0.2, 0.25) is 0 Å². The minimum absolute atomic E-state index is 0.177. The molecule has 0 radical (unpaired) electrons. The number of nitrogens with one attached hydrogen (secondary N) is 1. The summed E-state index contributed by atoms with van der Waals surface area (Å²) in [5, 5.41) is 12.9. The minimum Gasteiger partial charge on any atom is -0.389 e. The Labute approximate surface area is 105 Å². The van der Waals surface area contributed by atoms with Crippen molar-refractivity contribution >= 4 is 0 Å². The highest BCUT2D eigenvalue weighted by atomic mass is 19.2. The topological polar surface area (TPSA) is 32.3 Å². The average molecular weight is 261 g/mol. The van der Waals surface area contributed by atoms with E-state index in [-0.39, 0.29) is 6.54 Å². The Bertz CT molecular complexity index is 382. The van der Waals surface area contributed by atoms with E-state index in [1.54, 1.807) is 0 Å². The third-order valence-corrected chi connectivity index (χ3v) is 3.14. The maximum Gasteiger partial charge on any atom is 0.194 e. The van der Waals surface area contributed by atoms with Crippen LogP contribution < -0.4 is 5.32 Å². The van der Waals surface area contributed by atoms with Gasteiger partial charge < -0.3 is 10.4 Å². The summed E-state index contributed by atoms with van der Waals surface area (Å²) in [7, 11) is 0. The van der Waals surface area contributed by atoms with Crippen molar-refractivity contribution in [3.63, 3.8) is 0 Å². The Balaban J connectivity index is 2.60. The van der Waals surface area contributed by atoms with E-state index < -0.39 is 23.1 Å². The van der Waals surface area contributed by atoms with Crippen LogP contribution in [0.4, 0.5) is 13.2 Å². The van der Waals surface area contributed by atoms with E-state index in [1.807, 2.05) is 13.8 Å². The normalized spacial score (nSPS) is 11.9. The molecular formula is C13H18F3NO. The van der Waals surface area contributed by atoms with Gasteiger partial charge in [0.2, 0.25) is 0 Å². The third kappa shape index (κ3) is 3.71. The van der Waals surface area contributed by atoms with Gasteiger partial charge in [-0.25, -0.2) is 13.2 Å². The molecule has 18 heavy (non-hydrogen) atoms. The highest BCUT2D eigenvalue weighted by molar-refractivity contribution is 5.19. The second kappa shape index (κ2) is 6.20. The van der Waals surface area contributed by atoms with Gasteiger partial charge >= 0.3 is 0 Å². The van der Waals surface area contributed by atoms with Crippen LogP contribution in [0.3, 0.4) is 0 Å². The minimum atomic E-state index is -1.46. The Kier molecular flexibility index (Phi) is 5.16. The summed E-state index contributed by atoms with van der Waals surface area (Å²) in [6.07, 6.45) is 1.17. The lowest BCUT2D eigenvalue weighted by molar-refractivity contribution is 0.0323. The Morgan fingerprint density at radius 3 is 2.06 bits per heavy atom. The Morgan fingerprint density at radius 2 is 1.61 bits per heavy atom. The summed E-state index contributed by atoms with van der Waals surface area (Å²) in [5.74, 6) is -3.86. The molecule has 2 nitrogen and oxygen atoms in total. The molecule has 0 spiro atoms. The quantitative estimate of drug-likeness (QED) is 0.772. The van der Waals surface area contributed by atoms with Gasteiger partial charge in [-0.1, -0.05) is 13.8 Å². The van der Waals surface area contributed by atoms with E-state index >= 15 is 0 Å². The van der Waals surface area contributed by atoms with Gasteiger partial charge in [-0.15, -0.1) is 0 Å². The predicted molar refractivity (Wildman–Crippen MR) is 63.6 cm³/mol. The average Bonchev–Trinajstić information content (AvgIpc) is 2.35. The summed E-state index contributed by atoms with van der Waals surface area (Å²) in [6, 6.07) is 1.89. The lowest BCUT2D eigenvalue weighted by Crippen LogP contribution is -2.39. The lowest BCUT2D eigenvalue weighted by atomic mass is 9.97. The van der Waals surface area contributed by atoms with Crippen LogP contribution in [-0.4, -0.2) is 17.3 Å². The van der Waals surface area contributed by atoms with Crippen molar-refractivity contribution < 1.29 is 18.3 Å². The molecule has 2 N–H and O–H groups in total. The first-order chi connectivity index (χ1) is 8.41. The van der Waals surface area contributed by atoms with Crippen molar-refractivity contribution in [1.82, 2.24) is 5.32 Å². The van der Waals surface area contributed by atoms with Gasteiger partial charge in [0.1, 0.15) is 0 Å². The molecule has 0 bridgehead atoms. The Morgan fingerprint density at radius 1 is 1.11 bits per heavy atom. The van der Waals surface area contributed by atoms with Crippen LogP contribution in [0.5, 0.6) is 0 Å². The molecule has 0 saturated carbocycles. The zero-order valence-corrected chi connectivity index (χ0v) is 10.6. The first-order valence-electron chi connectivity index (χ1n) is 5.98. The molecule has 0 heterocycles. The van der Waals surface area contributed by atoms with E-state index in [0.29, 0.717) is 24.9 Å². The molecule has 1 aromatic carbocycles. The van der Waals surface area contributed by atoms with Gasteiger partial charge in [0.15, 0.2) is 17.5 Å². The molecule has 0 aliphatic rings. The highest BCUT2D eigenvalue weighted by Crippen LogP contribution is 2.15. The number of hydrogen-bond acceptors (Lipinski definition) is 2. The Hall–Kier alpha value is -1.07. The van der Waals surface area contributed by atoms with E-state index in [9.17, 15) is 18.3 Å². The van der Waals surface area contributed by atoms with Gasteiger partial charge in [0.25, 0.3) is 0 Å². The summed E-state index contributed by atoms with van der Waals surface area (Å²) >= 11 is 0. The predicted octanol–water partition coefficient (Wildman–Crippen LogP) is 2.74. The first kappa shape index (κ1) is 15.0. The number of rotatable bonds is 6. The van der Waals surface area contributed by atoms with Crippen molar-refractivity contribution in [2.24, 2.45) is 0 Å². The summed E-state index contributed by atoms with van der Waals surface area (Å²) in [6.45, 7) is 4.22. The van der Waals surface area contributed by atoms with Crippen LogP contribution in [-0.2, 0) is 6.54 Å². The number of hydrogen-bond donors (Lipinski definition) is 2. The highest BCUT2D eigenvalue weighted by Gasteiger charge is 2.21. The van der Waals surface area contributed by atoms with Gasteiger partial charge in [-0.3, -0.25) is 0 Å². The smallest absolute Gasteiger partial charge is 0.194 e. The fourth-order valence-corrected chi connectivity index (χ4v) is 1.65. The zero-order valence-electron chi connectivity index (χ0n) is 10.6. The van der Waals surface area contributed by atoms with E-state index in [0.717, 1.165) is 12.1 Å². The summed E-state index contributed by atoms with van der Waals surface area (Å²) < 4.78 is 38.6. The van der Waals surface area contributed by atoms with Crippen molar-refractivity contribution in [3.05, 3.63) is 35.1 Å². The molecule has 1 aromatic rings. The van der Waals surface area contributed by atoms with Crippen LogP contribution in [0.15, 0.2) is 12.1 Å². The SMILES string of the molecule is CCC(O)(CC)CNCc1cc(F)c(F)c(F)c1. The van der Waals surface area contributed by atoms with Crippen molar-refractivity contribution in [3.8, 4) is 0 Å². The fraction of sp³-hybridized carbons (Fsp3) is 0.538. The summed E-state index contributed by atoms with van der Waals surface area (Å²) in [4.78, 5) is 0. The van der Waals surface area contributed by atoms with Gasteiger partial charge in [-0.05, 0) is 30.5 Å². The van der Waals surface area contributed by atoms with Crippen molar-refractivity contribution in [2.45, 2.75) is 38.8 Å². The van der Waals surface area contributed by atoms with Crippen molar-refractivity contribution in [1.29, 1.82) is 0 Å². The molecule has 102 valence electrons. The van der Waals surface area contributed by atoms with E-state index in [1.165, 1.54) is 0 Å². The number of benzene rings is 1. The van der Waals surface area contributed by atoms with E-state index in [4.69, 9.17) is 0 Å². The molecule has 0 atom stereocenters. The molecule has 5 heteroatoms. The fourth-order valence-electron chi connectivity index (χ4n) is 1.65. The molecule has 0 aliphatic carbocycles. The molecular weight excluding hydrogens is 243 g/mol. The molecule has 0 unspecified atom stereocenters. The molecule has 1 rings (SSSR count). The largest absolute Gasteiger partial charge is 0.389 e. The maximum atomic E-state index is 12.9. The number of halogens is 3. The third-order valence-electron chi connectivity index (χ3n) is 3.14. The van der Waals surface area contributed by atoms with Crippen LogP contribution in [0.1, 0.15) is 32.3 Å². The number of aliphatic hydroxyl groups is 1. The standard InChI is InChI=1S/C13H18F3NO/c1-3-13(18,4-2)8-17-7-9-5-10(14)12(16)11(15)6-9/h5-6,17-18H,3-4,7-8H2,1-2H3. The maximum absolute atomic E-state index is 12.9. The monoisotopic (exact) mass is 261 g/mol. The van der Waals surface area contributed by atoms with Crippen LogP contribution in [0, 0.1) is 17.5 Å². The molecule has 0 saturated heterocycles. The first-order valence-corrected chi connectivity index (χ1v) is 5.98.